The smallest absolute Gasteiger partial charge is 0.264 e. The van der Waals surface area contributed by atoms with E-state index in [-0.39, 0.29) is 5.56 Å². The lowest BCUT2D eigenvalue weighted by molar-refractivity contribution is 0.415. The Bertz CT molecular complexity index is 572. The molecule has 4 nitrogen and oxygen atoms in total. The second kappa shape index (κ2) is 4.06. The van der Waals surface area contributed by atoms with Crippen molar-refractivity contribution in [3.05, 3.63) is 45.3 Å². The van der Waals surface area contributed by atoms with Gasteiger partial charge in [-0.05, 0) is 25.1 Å². The predicted octanol–water partition coefficient (Wildman–Crippen LogP) is 2.14. The second-order valence-electron chi connectivity index (χ2n) is 3.42. The van der Waals surface area contributed by atoms with Gasteiger partial charge >= 0.3 is 0 Å². The van der Waals surface area contributed by atoms with E-state index >= 15 is 0 Å². The number of aryl methyl sites for hydroxylation is 1. The van der Waals surface area contributed by atoms with Crippen LogP contribution in [0.5, 0.6) is 5.75 Å². The quantitative estimate of drug-likeness (QED) is 0.871. The summed E-state index contributed by atoms with van der Waals surface area (Å²) in [6, 6.07) is 6.85. The van der Waals surface area contributed by atoms with Crippen LogP contribution in [-0.2, 0) is 0 Å². The van der Waals surface area contributed by atoms with Gasteiger partial charge in [-0.25, -0.2) is 0 Å². The Morgan fingerprint density at radius 1 is 1.38 bits per heavy atom. The van der Waals surface area contributed by atoms with E-state index < -0.39 is 0 Å². The van der Waals surface area contributed by atoms with Crippen LogP contribution in [-0.4, -0.2) is 16.9 Å². The highest BCUT2D eigenvalue weighted by atomic mass is 35.5. The highest BCUT2D eigenvalue weighted by Gasteiger charge is 2.06. The first-order valence-electron chi connectivity index (χ1n) is 4.74. The lowest BCUT2D eigenvalue weighted by Crippen LogP contribution is -2.04. The number of hydrogen-bond acceptors (Lipinski definition) is 2. The number of nitrogens with one attached hydrogen (secondary N) is 1. The fourth-order valence-corrected chi connectivity index (χ4v) is 1.80. The molecule has 0 aliphatic carbocycles. The number of aromatic amines is 1. The molecule has 0 radical (unpaired) electrons. The third-order valence-electron chi connectivity index (χ3n) is 2.31. The van der Waals surface area contributed by atoms with E-state index in [4.69, 9.17) is 16.3 Å². The van der Waals surface area contributed by atoms with E-state index in [1.807, 2.05) is 13.0 Å². The van der Waals surface area contributed by atoms with Crippen LogP contribution in [0.2, 0.25) is 5.02 Å². The molecule has 1 heterocycles. The van der Waals surface area contributed by atoms with Gasteiger partial charge < -0.3 is 4.74 Å². The van der Waals surface area contributed by atoms with E-state index in [1.54, 1.807) is 23.9 Å². The fourth-order valence-electron chi connectivity index (χ4n) is 1.55. The number of benzene rings is 1. The topological polar surface area (TPSA) is 47.0 Å². The summed E-state index contributed by atoms with van der Waals surface area (Å²) in [5, 5.41) is 3.20. The molecule has 5 heteroatoms. The minimum Gasteiger partial charge on any atom is -0.495 e. The Hall–Kier alpha value is -1.68. The molecule has 0 saturated carbocycles. The zero-order valence-corrected chi connectivity index (χ0v) is 9.71. The monoisotopic (exact) mass is 238 g/mol. The van der Waals surface area contributed by atoms with Gasteiger partial charge in [-0.1, -0.05) is 11.6 Å². The molecule has 0 atom stereocenters. The van der Waals surface area contributed by atoms with Crippen LogP contribution >= 0.6 is 11.6 Å². The van der Waals surface area contributed by atoms with Crippen LogP contribution in [0.25, 0.3) is 5.69 Å². The number of methoxy groups -OCH3 is 1. The molecule has 0 spiro atoms. The van der Waals surface area contributed by atoms with Gasteiger partial charge in [0.05, 0.1) is 17.8 Å². The zero-order valence-electron chi connectivity index (χ0n) is 8.95. The van der Waals surface area contributed by atoms with Gasteiger partial charge in [-0.3, -0.25) is 14.6 Å². The van der Waals surface area contributed by atoms with Gasteiger partial charge in [0, 0.05) is 11.8 Å². The van der Waals surface area contributed by atoms with Gasteiger partial charge in [0.1, 0.15) is 5.75 Å². The highest BCUT2D eigenvalue weighted by molar-refractivity contribution is 6.32. The standard InChI is InChI=1S/C11H11ClN2O2/c1-7-5-11(15)13-14(7)8-3-4-10(16-2)9(12)6-8/h3-6H,1-2H3,(H,13,15). The first-order chi connectivity index (χ1) is 7.61. The average molecular weight is 239 g/mol. The molecule has 0 unspecified atom stereocenters. The Morgan fingerprint density at radius 2 is 2.12 bits per heavy atom. The first kappa shape index (κ1) is 10.8. The van der Waals surface area contributed by atoms with Crippen LogP contribution in [0.4, 0.5) is 0 Å². The van der Waals surface area contributed by atoms with Gasteiger partial charge in [-0.2, -0.15) is 0 Å². The van der Waals surface area contributed by atoms with Crippen molar-refractivity contribution in [2.24, 2.45) is 0 Å². The maximum Gasteiger partial charge on any atom is 0.264 e. The predicted molar refractivity (Wildman–Crippen MR) is 62.7 cm³/mol. The molecule has 1 aromatic carbocycles. The Labute approximate surface area is 97.4 Å². The second-order valence-corrected chi connectivity index (χ2v) is 3.82. The van der Waals surface area contributed by atoms with Crippen LogP contribution in [0.1, 0.15) is 5.69 Å². The summed E-state index contributed by atoms with van der Waals surface area (Å²) < 4.78 is 6.73. The Balaban J connectivity index is 2.53. The van der Waals surface area contributed by atoms with Crippen LogP contribution < -0.4 is 10.3 Å². The third-order valence-corrected chi connectivity index (χ3v) is 2.60. The van der Waals surface area contributed by atoms with E-state index in [0.29, 0.717) is 10.8 Å². The number of H-pyrrole nitrogens is 1. The molecule has 2 aromatic rings. The van der Waals surface area contributed by atoms with Gasteiger partial charge in [0.15, 0.2) is 0 Å². The van der Waals surface area contributed by atoms with E-state index in [9.17, 15) is 4.79 Å². The number of hydrogen-bond donors (Lipinski definition) is 1. The molecular formula is C11H11ClN2O2. The SMILES string of the molecule is COc1ccc(-n2[nH]c(=O)cc2C)cc1Cl. The summed E-state index contributed by atoms with van der Waals surface area (Å²) in [4.78, 5) is 11.2. The summed E-state index contributed by atoms with van der Waals surface area (Å²) in [5.74, 6) is 0.609. The summed E-state index contributed by atoms with van der Waals surface area (Å²) in [6.45, 7) is 1.84. The molecule has 0 saturated heterocycles. The summed E-state index contributed by atoms with van der Waals surface area (Å²) in [5.41, 5.74) is 1.49. The van der Waals surface area contributed by atoms with Crippen LogP contribution in [0.3, 0.4) is 0 Å². The molecule has 0 aliphatic rings. The van der Waals surface area contributed by atoms with Crippen molar-refractivity contribution >= 4 is 11.6 Å². The largest absolute Gasteiger partial charge is 0.495 e. The maximum absolute atomic E-state index is 11.2. The van der Waals surface area contributed by atoms with Crippen molar-refractivity contribution < 1.29 is 4.74 Å². The minimum atomic E-state index is -0.135. The van der Waals surface area contributed by atoms with Crippen molar-refractivity contribution in [3.8, 4) is 11.4 Å². The van der Waals surface area contributed by atoms with E-state index in [2.05, 4.69) is 5.10 Å². The summed E-state index contributed by atoms with van der Waals surface area (Å²) >= 11 is 6.01. The van der Waals surface area contributed by atoms with E-state index in [1.165, 1.54) is 6.07 Å². The van der Waals surface area contributed by atoms with Crippen molar-refractivity contribution in [1.29, 1.82) is 0 Å². The molecule has 0 bridgehead atoms. The third kappa shape index (κ3) is 1.84. The van der Waals surface area contributed by atoms with Gasteiger partial charge in [0.25, 0.3) is 5.56 Å². The maximum atomic E-state index is 11.2. The van der Waals surface area contributed by atoms with Crippen LogP contribution in [0.15, 0.2) is 29.1 Å². The minimum absolute atomic E-state index is 0.135. The number of halogens is 1. The van der Waals surface area contributed by atoms with Gasteiger partial charge in [-0.15, -0.1) is 0 Å². The average Bonchev–Trinajstić information content (AvgIpc) is 2.58. The molecule has 84 valence electrons. The van der Waals surface area contributed by atoms with E-state index in [0.717, 1.165) is 11.4 Å². The van der Waals surface area contributed by atoms with Crippen LogP contribution in [0, 0.1) is 6.92 Å². The van der Waals surface area contributed by atoms with Gasteiger partial charge in [0.2, 0.25) is 0 Å². The molecule has 0 aliphatic heterocycles. The van der Waals surface area contributed by atoms with Crippen molar-refractivity contribution in [1.82, 2.24) is 9.78 Å². The Kier molecular flexibility index (Phi) is 2.75. The summed E-state index contributed by atoms with van der Waals surface area (Å²) in [6.07, 6.45) is 0. The number of aromatic nitrogens is 2. The molecule has 16 heavy (non-hydrogen) atoms. The van der Waals surface area contributed by atoms with Crippen molar-refractivity contribution in [2.75, 3.05) is 7.11 Å². The molecule has 0 fully saturated rings. The lowest BCUT2D eigenvalue weighted by atomic mass is 10.3. The number of nitrogens with zero attached hydrogens (tertiary/aromatic N) is 1. The molecule has 1 aromatic heterocycles. The summed E-state index contributed by atoms with van der Waals surface area (Å²) in [7, 11) is 1.56. The molecular weight excluding hydrogens is 228 g/mol. The molecule has 1 N–H and O–H groups in total. The Morgan fingerprint density at radius 3 is 2.62 bits per heavy atom. The highest BCUT2D eigenvalue weighted by Crippen LogP contribution is 2.26. The zero-order chi connectivity index (χ0) is 11.7. The van der Waals surface area contributed by atoms with Crippen molar-refractivity contribution in [2.45, 2.75) is 6.92 Å². The van der Waals surface area contributed by atoms with Crippen molar-refractivity contribution in [3.63, 3.8) is 0 Å². The normalized spacial score (nSPS) is 10.4. The fraction of sp³-hybridized carbons (Fsp3) is 0.182. The molecule has 0 amide bonds. The first-order valence-corrected chi connectivity index (χ1v) is 5.12. The number of rotatable bonds is 2. The lowest BCUT2D eigenvalue weighted by Gasteiger charge is -2.08. The number of ether oxygens (including phenoxy) is 1. The molecule has 2 rings (SSSR count).